The number of ether oxygens (including phenoxy) is 2. The average Bonchev–Trinajstić information content (AvgIpc) is 3.54. The van der Waals surface area contributed by atoms with Crippen molar-refractivity contribution in [2.75, 3.05) is 43.5 Å². The van der Waals surface area contributed by atoms with Crippen LogP contribution in [0, 0.1) is 0 Å². The molecule has 1 saturated heterocycles. The Balaban J connectivity index is 1.39. The summed E-state index contributed by atoms with van der Waals surface area (Å²) < 4.78 is 46.6. The van der Waals surface area contributed by atoms with Gasteiger partial charge in [0.2, 0.25) is 0 Å². The molecule has 3 aromatic rings. The Kier molecular flexibility index (Phi) is 5.78. The molecule has 1 aliphatic heterocycles. The van der Waals surface area contributed by atoms with Crippen LogP contribution >= 0.6 is 0 Å². The van der Waals surface area contributed by atoms with Crippen molar-refractivity contribution in [1.82, 2.24) is 10.5 Å². The Bertz CT molecular complexity index is 1510. The van der Waals surface area contributed by atoms with Gasteiger partial charge in [-0.2, -0.15) is 0 Å². The molecule has 0 bridgehead atoms. The van der Waals surface area contributed by atoms with Crippen LogP contribution in [0.2, 0.25) is 0 Å². The number of hydrogen-bond acceptors (Lipinski definition) is 8. The van der Waals surface area contributed by atoms with Gasteiger partial charge in [0.15, 0.2) is 16.5 Å². The quantitative estimate of drug-likeness (QED) is 0.445. The molecule has 200 valence electrons. The number of rotatable bonds is 8. The summed E-state index contributed by atoms with van der Waals surface area (Å²) in [6.45, 7) is 4.28. The lowest BCUT2D eigenvalue weighted by atomic mass is 9.79. The highest BCUT2D eigenvalue weighted by Gasteiger charge is 2.51. The van der Waals surface area contributed by atoms with E-state index in [0.29, 0.717) is 18.7 Å². The summed E-state index contributed by atoms with van der Waals surface area (Å²) in [5.74, 6) is 0.362. The summed E-state index contributed by atoms with van der Waals surface area (Å²) in [7, 11) is -1.54. The van der Waals surface area contributed by atoms with Crippen LogP contribution in [0.15, 0.2) is 39.8 Å². The van der Waals surface area contributed by atoms with Crippen LogP contribution in [0.4, 0.5) is 11.5 Å². The van der Waals surface area contributed by atoms with Gasteiger partial charge in [0.05, 0.1) is 14.2 Å². The molecule has 1 saturated carbocycles. The highest BCUT2D eigenvalue weighted by Crippen LogP contribution is 2.59. The van der Waals surface area contributed by atoms with Crippen LogP contribution in [0.1, 0.15) is 47.7 Å². The second-order valence-corrected chi connectivity index (χ2v) is 11.7. The minimum absolute atomic E-state index is 0.0151. The molecule has 0 atom stereocenters. The van der Waals surface area contributed by atoms with E-state index < -0.39 is 10.0 Å². The van der Waals surface area contributed by atoms with Crippen molar-refractivity contribution in [3.8, 4) is 22.8 Å². The van der Waals surface area contributed by atoms with E-state index in [-0.39, 0.29) is 39.1 Å². The highest BCUT2D eigenvalue weighted by atomic mass is 32.2. The molecular weight excluding hydrogens is 508 g/mol. The van der Waals surface area contributed by atoms with Crippen molar-refractivity contribution in [2.24, 2.45) is 0 Å². The standard InChI is InChI=1S/C27H30N4O6S/c1-4-28-26(32)16-12-21(35-2)24(22(13-16)36-3)38(33,34)30-25-19-15-27(8-9-27)20-7-6-17(31-10-5-11-31)14-18(20)23(19)37-29-25/h6-7,12-14H,4-5,8-11,15H2,1-3H3,(H,28,32)(H,29,30). The van der Waals surface area contributed by atoms with Crippen LogP contribution in [0.25, 0.3) is 11.3 Å². The topological polar surface area (TPSA) is 123 Å². The number of nitrogens with zero attached hydrogens (tertiary/aromatic N) is 2. The third kappa shape index (κ3) is 3.87. The molecule has 1 aromatic heterocycles. The Hall–Kier alpha value is -3.73. The number of hydrogen-bond donors (Lipinski definition) is 2. The molecule has 2 heterocycles. The minimum atomic E-state index is -4.23. The number of benzene rings is 2. The molecule has 1 amide bonds. The number of methoxy groups -OCH3 is 2. The average molecular weight is 539 g/mol. The first-order valence-electron chi connectivity index (χ1n) is 12.8. The maximum Gasteiger partial charge on any atom is 0.270 e. The first kappa shape index (κ1) is 24.6. The van der Waals surface area contributed by atoms with E-state index >= 15 is 0 Å². The van der Waals surface area contributed by atoms with Crippen molar-refractivity contribution >= 4 is 27.4 Å². The molecule has 2 aliphatic carbocycles. The number of carbonyl (C=O) groups is 1. The molecule has 0 radical (unpaired) electrons. The third-order valence-electron chi connectivity index (χ3n) is 7.76. The van der Waals surface area contributed by atoms with Crippen molar-refractivity contribution in [3.63, 3.8) is 0 Å². The van der Waals surface area contributed by atoms with Gasteiger partial charge < -0.3 is 24.2 Å². The largest absolute Gasteiger partial charge is 0.495 e. The summed E-state index contributed by atoms with van der Waals surface area (Å²) in [5.41, 5.74) is 4.31. The normalized spacial score (nSPS) is 16.8. The van der Waals surface area contributed by atoms with Gasteiger partial charge in [0, 0.05) is 47.4 Å². The molecule has 1 spiro atoms. The minimum Gasteiger partial charge on any atom is -0.495 e. The Morgan fingerprint density at radius 3 is 2.42 bits per heavy atom. The van der Waals surface area contributed by atoms with E-state index in [9.17, 15) is 13.2 Å². The number of fused-ring (bicyclic) bond motifs is 4. The predicted octanol–water partition coefficient (Wildman–Crippen LogP) is 3.71. The smallest absolute Gasteiger partial charge is 0.270 e. The zero-order chi connectivity index (χ0) is 26.7. The maximum absolute atomic E-state index is 13.7. The second kappa shape index (κ2) is 8.93. The van der Waals surface area contributed by atoms with Gasteiger partial charge in [0.25, 0.3) is 15.9 Å². The van der Waals surface area contributed by atoms with Gasteiger partial charge in [-0.3, -0.25) is 9.52 Å². The van der Waals surface area contributed by atoms with Gasteiger partial charge in [-0.15, -0.1) is 0 Å². The van der Waals surface area contributed by atoms with Gasteiger partial charge in [-0.1, -0.05) is 11.2 Å². The van der Waals surface area contributed by atoms with E-state index in [2.05, 4.69) is 38.3 Å². The Morgan fingerprint density at radius 1 is 1.13 bits per heavy atom. The SMILES string of the molecule is CCNC(=O)c1cc(OC)c(S(=O)(=O)Nc2noc3c2CC2(CC2)c2ccc(N4CCC4)cc2-3)c(OC)c1. The maximum atomic E-state index is 13.7. The molecule has 3 aliphatic rings. The number of nitrogens with one attached hydrogen (secondary N) is 2. The fourth-order valence-electron chi connectivity index (χ4n) is 5.47. The van der Waals surface area contributed by atoms with E-state index in [0.717, 1.165) is 42.7 Å². The summed E-state index contributed by atoms with van der Waals surface area (Å²) >= 11 is 0. The van der Waals surface area contributed by atoms with Gasteiger partial charge >= 0.3 is 0 Å². The molecule has 2 aromatic carbocycles. The zero-order valence-corrected chi connectivity index (χ0v) is 22.4. The predicted molar refractivity (Wildman–Crippen MR) is 142 cm³/mol. The Morgan fingerprint density at radius 2 is 1.84 bits per heavy atom. The molecule has 6 rings (SSSR count). The lowest BCUT2D eigenvalue weighted by Crippen LogP contribution is -2.37. The number of amides is 1. The molecule has 2 N–H and O–H groups in total. The van der Waals surface area contributed by atoms with Crippen LogP contribution in [-0.4, -0.2) is 53.3 Å². The molecule has 2 fully saturated rings. The molecule has 10 nitrogen and oxygen atoms in total. The summed E-state index contributed by atoms with van der Waals surface area (Å²) in [4.78, 5) is 14.5. The monoisotopic (exact) mass is 538 g/mol. The van der Waals surface area contributed by atoms with Crippen LogP contribution in [0.3, 0.4) is 0 Å². The lowest BCUT2D eigenvalue weighted by molar-refractivity contribution is 0.0955. The number of anilines is 2. The highest BCUT2D eigenvalue weighted by molar-refractivity contribution is 7.93. The Labute approximate surface area is 221 Å². The van der Waals surface area contributed by atoms with E-state index in [1.807, 2.05) is 0 Å². The van der Waals surface area contributed by atoms with Gasteiger partial charge in [-0.05, 0) is 62.4 Å². The van der Waals surface area contributed by atoms with Crippen LogP contribution in [0.5, 0.6) is 11.5 Å². The van der Waals surface area contributed by atoms with Crippen LogP contribution < -0.4 is 24.4 Å². The molecule has 11 heteroatoms. The van der Waals surface area contributed by atoms with Gasteiger partial charge in [-0.25, -0.2) is 8.42 Å². The summed E-state index contributed by atoms with van der Waals surface area (Å²) in [6.07, 6.45) is 3.88. The fourth-order valence-corrected chi connectivity index (χ4v) is 6.80. The molecule has 0 unspecified atom stereocenters. The van der Waals surface area contributed by atoms with E-state index in [1.54, 1.807) is 6.92 Å². The van der Waals surface area contributed by atoms with Crippen molar-refractivity contribution in [2.45, 2.75) is 42.9 Å². The first-order valence-corrected chi connectivity index (χ1v) is 14.2. The fraction of sp³-hybridized carbons (Fsp3) is 0.407. The zero-order valence-electron chi connectivity index (χ0n) is 21.6. The van der Waals surface area contributed by atoms with Gasteiger partial charge in [0.1, 0.15) is 11.5 Å². The van der Waals surface area contributed by atoms with E-state index in [4.69, 9.17) is 14.0 Å². The number of carbonyl (C=O) groups excluding carboxylic acids is 1. The first-order chi connectivity index (χ1) is 18.3. The number of sulfonamides is 1. The molecule has 38 heavy (non-hydrogen) atoms. The third-order valence-corrected chi connectivity index (χ3v) is 9.16. The van der Waals surface area contributed by atoms with Crippen LogP contribution in [-0.2, 0) is 21.9 Å². The van der Waals surface area contributed by atoms with E-state index in [1.165, 1.54) is 38.3 Å². The molecular formula is C27H30N4O6S. The summed E-state index contributed by atoms with van der Waals surface area (Å²) in [6, 6.07) is 9.27. The lowest BCUT2D eigenvalue weighted by Gasteiger charge is -2.34. The summed E-state index contributed by atoms with van der Waals surface area (Å²) in [5, 5.41) is 6.86. The van der Waals surface area contributed by atoms with Crippen molar-refractivity contribution in [1.29, 1.82) is 0 Å². The number of aromatic nitrogens is 1. The second-order valence-electron chi connectivity index (χ2n) is 10.0. The van der Waals surface area contributed by atoms with Crippen molar-refractivity contribution < 1.29 is 27.2 Å². The van der Waals surface area contributed by atoms with Crippen molar-refractivity contribution in [3.05, 3.63) is 47.0 Å².